The maximum Gasteiger partial charge on any atom is 0.469 e. The Morgan fingerprint density at radius 1 is 1.17 bits per heavy atom. The summed E-state index contributed by atoms with van der Waals surface area (Å²) in [5.41, 5.74) is 4.42. The maximum absolute atomic E-state index is 10.8. The van der Waals surface area contributed by atoms with E-state index in [-0.39, 0.29) is 6.61 Å². The lowest BCUT2D eigenvalue weighted by Crippen LogP contribution is -1.94. The number of aromatic amines is 1. The van der Waals surface area contributed by atoms with E-state index in [2.05, 4.69) is 49.8 Å². The summed E-state index contributed by atoms with van der Waals surface area (Å²) in [5, 5.41) is 9.53. The lowest BCUT2D eigenvalue weighted by atomic mass is 10.1. The first-order valence-corrected chi connectivity index (χ1v) is 11.4. The van der Waals surface area contributed by atoms with Crippen LogP contribution in [0.1, 0.15) is 24.6 Å². The Morgan fingerprint density at radius 2 is 2.03 bits per heavy atom. The number of rotatable bonds is 7. The SMILES string of the molecule is CCCc1cccc2c(-c3cnc(-c4ccc(COP(=O)(O)O)nc4)s3)[nH]nc12. The van der Waals surface area contributed by atoms with Gasteiger partial charge in [0.05, 0.1) is 21.8 Å². The molecule has 0 unspecified atom stereocenters. The lowest BCUT2D eigenvalue weighted by Gasteiger charge is -2.04. The monoisotopic (exact) mass is 430 g/mol. The molecule has 0 saturated carbocycles. The minimum Gasteiger partial charge on any atom is -0.303 e. The molecule has 0 radical (unpaired) electrons. The maximum atomic E-state index is 10.8. The number of pyridine rings is 1. The van der Waals surface area contributed by atoms with Crippen LogP contribution in [0.5, 0.6) is 0 Å². The molecule has 0 saturated heterocycles. The third-order valence-corrected chi connectivity index (χ3v) is 5.92. The van der Waals surface area contributed by atoms with Crippen molar-refractivity contribution in [1.82, 2.24) is 20.2 Å². The Bertz CT molecular complexity index is 1180. The molecule has 10 heteroatoms. The fourth-order valence-electron chi connectivity index (χ4n) is 3.07. The summed E-state index contributed by atoms with van der Waals surface area (Å²) in [5.74, 6) is 0. The Balaban J connectivity index is 1.58. The van der Waals surface area contributed by atoms with Crippen molar-refractivity contribution in [2.75, 3.05) is 0 Å². The largest absolute Gasteiger partial charge is 0.469 e. The van der Waals surface area contributed by atoms with Crippen LogP contribution in [0.2, 0.25) is 0 Å². The highest BCUT2D eigenvalue weighted by Gasteiger charge is 2.16. The first kappa shape index (κ1) is 19.9. The Labute approximate surface area is 170 Å². The van der Waals surface area contributed by atoms with Gasteiger partial charge in [0.15, 0.2) is 0 Å². The summed E-state index contributed by atoms with van der Waals surface area (Å²) in [6.07, 6.45) is 5.48. The number of hydrogen-bond donors (Lipinski definition) is 3. The topological polar surface area (TPSA) is 121 Å². The molecule has 3 aromatic heterocycles. The van der Waals surface area contributed by atoms with Crippen LogP contribution in [0.25, 0.3) is 32.0 Å². The van der Waals surface area contributed by atoms with Crippen molar-refractivity contribution in [3.63, 3.8) is 0 Å². The van der Waals surface area contributed by atoms with Gasteiger partial charge in [-0.05, 0) is 24.1 Å². The normalized spacial score (nSPS) is 12.0. The smallest absolute Gasteiger partial charge is 0.303 e. The number of nitrogens with zero attached hydrogens (tertiary/aromatic N) is 3. The third kappa shape index (κ3) is 4.44. The zero-order chi connectivity index (χ0) is 20.4. The highest BCUT2D eigenvalue weighted by atomic mass is 32.1. The molecule has 0 aliphatic rings. The van der Waals surface area contributed by atoms with E-state index < -0.39 is 7.82 Å². The number of aryl methyl sites for hydroxylation is 1. The predicted octanol–water partition coefficient (Wildman–Crippen LogP) is 4.31. The highest BCUT2D eigenvalue weighted by molar-refractivity contribution is 7.46. The summed E-state index contributed by atoms with van der Waals surface area (Å²) in [4.78, 5) is 27.2. The van der Waals surface area contributed by atoms with Crippen LogP contribution in [0.3, 0.4) is 0 Å². The van der Waals surface area contributed by atoms with E-state index in [0.717, 1.165) is 44.9 Å². The van der Waals surface area contributed by atoms with Gasteiger partial charge in [0.2, 0.25) is 0 Å². The second-order valence-electron chi connectivity index (χ2n) is 6.49. The van der Waals surface area contributed by atoms with Crippen LogP contribution in [0.15, 0.2) is 42.7 Å². The number of nitrogens with one attached hydrogen (secondary N) is 1. The van der Waals surface area contributed by atoms with Gasteiger partial charge in [-0.2, -0.15) is 5.10 Å². The van der Waals surface area contributed by atoms with Gasteiger partial charge in [-0.15, -0.1) is 11.3 Å². The minimum absolute atomic E-state index is 0.256. The molecule has 0 spiro atoms. The average molecular weight is 430 g/mol. The van der Waals surface area contributed by atoms with Crippen molar-refractivity contribution in [2.24, 2.45) is 0 Å². The molecular formula is C19H19N4O4PS. The average Bonchev–Trinajstić information content (AvgIpc) is 3.34. The van der Waals surface area contributed by atoms with E-state index in [9.17, 15) is 4.57 Å². The fraction of sp³-hybridized carbons (Fsp3) is 0.211. The first-order valence-electron chi connectivity index (χ1n) is 9.02. The predicted molar refractivity (Wildman–Crippen MR) is 111 cm³/mol. The van der Waals surface area contributed by atoms with Gasteiger partial charge >= 0.3 is 7.82 Å². The van der Waals surface area contributed by atoms with Crippen LogP contribution < -0.4 is 0 Å². The van der Waals surface area contributed by atoms with E-state index in [1.54, 1.807) is 18.3 Å². The van der Waals surface area contributed by atoms with Gasteiger partial charge in [0.1, 0.15) is 11.6 Å². The Morgan fingerprint density at radius 3 is 2.76 bits per heavy atom. The van der Waals surface area contributed by atoms with E-state index in [0.29, 0.717) is 5.69 Å². The molecule has 4 rings (SSSR count). The van der Waals surface area contributed by atoms with E-state index in [1.165, 1.54) is 16.9 Å². The summed E-state index contributed by atoms with van der Waals surface area (Å²) >= 11 is 1.52. The molecule has 0 atom stereocenters. The second-order valence-corrected chi connectivity index (χ2v) is 8.76. The van der Waals surface area contributed by atoms with E-state index in [1.807, 2.05) is 6.20 Å². The van der Waals surface area contributed by atoms with Gasteiger partial charge in [-0.25, -0.2) is 9.55 Å². The van der Waals surface area contributed by atoms with Crippen LogP contribution in [0, 0.1) is 0 Å². The number of hydrogen-bond acceptors (Lipinski definition) is 6. The van der Waals surface area contributed by atoms with Crippen molar-refractivity contribution >= 4 is 30.1 Å². The van der Waals surface area contributed by atoms with E-state index in [4.69, 9.17) is 9.79 Å². The zero-order valence-corrected chi connectivity index (χ0v) is 17.3. The molecule has 0 fully saturated rings. The quantitative estimate of drug-likeness (QED) is 0.374. The van der Waals surface area contributed by atoms with Gasteiger partial charge in [0, 0.05) is 23.3 Å². The van der Waals surface area contributed by atoms with Crippen LogP contribution in [-0.2, 0) is 22.1 Å². The molecule has 0 aliphatic heterocycles. The number of thiazole rings is 1. The van der Waals surface area contributed by atoms with Crippen LogP contribution in [0.4, 0.5) is 0 Å². The molecule has 0 aliphatic carbocycles. The van der Waals surface area contributed by atoms with Gasteiger partial charge < -0.3 is 9.79 Å². The molecule has 8 nitrogen and oxygen atoms in total. The van der Waals surface area contributed by atoms with E-state index >= 15 is 0 Å². The Hall–Kier alpha value is -2.42. The molecule has 150 valence electrons. The minimum atomic E-state index is -4.51. The first-order chi connectivity index (χ1) is 13.9. The fourth-order valence-corrected chi connectivity index (χ4v) is 4.28. The van der Waals surface area contributed by atoms with Crippen LogP contribution in [-0.4, -0.2) is 30.0 Å². The number of para-hydroxylation sites is 1. The van der Waals surface area contributed by atoms with Crippen molar-refractivity contribution in [3.05, 3.63) is 54.0 Å². The van der Waals surface area contributed by atoms with Gasteiger partial charge in [0.25, 0.3) is 0 Å². The number of phosphoric ester groups is 1. The molecule has 3 N–H and O–H groups in total. The molecular weight excluding hydrogens is 411 g/mol. The second kappa shape index (κ2) is 8.14. The Kier molecular flexibility index (Phi) is 5.58. The summed E-state index contributed by atoms with van der Waals surface area (Å²) < 4.78 is 15.2. The molecule has 3 heterocycles. The number of aromatic nitrogens is 4. The van der Waals surface area contributed by atoms with Crippen molar-refractivity contribution in [1.29, 1.82) is 0 Å². The molecule has 0 bridgehead atoms. The zero-order valence-electron chi connectivity index (χ0n) is 15.6. The molecule has 29 heavy (non-hydrogen) atoms. The summed E-state index contributed by atoms with van der Waals surface area (Å²) in [6.45, 7) is 1.90. The number of fused-ring (bicyclic) bond motifs is 1. The lowest BCUT2D eigenvalue weighted by molar-refractivity contribution is 0.187. The standard InChI is InChI=1S/C19H19N4O4PS/c1-2-4-12-5-3-6-15-17(12)22-23-18(15)16-10-21-19(29-16)13-7-8-14(20-9-13)11-27-28(24,25)26/h3,5-10H,2,4,11H2,1H3,(H,22,23)(H2,24,25,26). The van der Waals surface area contributed by atoms with Crippen molar-refractivity contribution in [2.45, 2.75) is 26.4 Å². The molecule has 0 amide bonds. The number of H-pyrrole nitrogens is 1. The third-order valence-electron chi connectivity index (χ3n) is 4.39. The highest BCUT2D eigenvalue weighted by Crippen LogP contribution is 2.37. The number of benzene rings is 1. The van der Waals surface area contributed by atoms with Crippen molar-refractivity contribution in [3.8, 4) is 21.1 Å². The number of phosphoric acid groups is 1. The van der Waals surface area contributed by atoms with Gasteiger partial charge in [-0.1, -0.05) is 31.5 Å². The molecule has 1 aromatic carbocycles. The molecule has 4 aromatic rings. The summed E-state index contributed by atoms with van der Waals surface area (Å²) in [7, 11) is -4.51. The van der Waals surface area contributed by atoms with Gasteiger partial charge in [-0.3, -0.25) is 14.6 Å². The van der Waals surface area contributed by atoms with Crippen molar-refractivity contribution < 1.29 is 18.9 Å². The summed E-state index contributed by atoms with van der Waals surface area (Å²) in [6, 6.07) is 9.69. The van der Waals surface area contributed by atoms with Crippen LogP contribution >= 0.6 is 19.2 Å².